The van der Waals surface area contributed by atoms with Gasteiger partial charge in [-0.2, -0.15) is 0 Å². The molecule has 3 atom stereocenters. The molecule has 0 bridgehead atoms. The van der Waals surface area contributed by atoms with E-state index in [1.807, 2.05) is 6.92 Å². The van der Waals surface area contributed by atoms with E-state index < -0.39 is 8.32 Å². The van der Waals surface area contributed by atoms with Gasteiger partial charge in [-0.15, -0.1) is 0 Å². The Kier molecular flexibility index (Phi) is 4.11. The van der Waals surface area contributed by atoms with Gasteiger partial charge in [0.25, 0.3) is 0 Å². The van der Waals surface area contributed by atoms with Gasteiger partial charge in [0.2, 0.25) is 0 Å². The summed E-state index contributed by atoms with van der Waals surface area (Å²) < 4.78 is 17.4. The van der Waals surface area contributed by atoms with Crippen LogP contribution >= 0.6 is 0 Å². The molecule has 1 rings (SSSR count). The normalized spacial score (nSPS) is 30.5. The zero-order valence-corrected chi connectivity index (χ0v) is 13.2. The minimum absolute atomic E-state index is 0.0153. The fourth-order valence-corrected chi connectivity index (χ4v) is 3.09. The molecule has 0 aromatic rings. The van der Waals surface area contributed by atoms with Crippen LogP contribution < -0.4 is 0 Å². The van der Waals surface area contributed by atoms with E-state index in [9.17, 15) is 0 Å². The minimum Gasteiger partial charge on any atom is -0.490 e. The van der Waals surface area contributed by atoms with Crippen LogP contribution in [0.5, 0.6) is 0 Å². The molecule has 1 heterocycles. The molecule has 0 saturated carbocycles. The van der Waals surface area contributed by atoms with Crippen LogP contribution in [0, 0.1) is 0 Å². The maximum Gasteiger partial charge on any atom is 0.192 e. The summed E-state index contributed by atoms with van der Waals surface area (Å²) in [5.74, 6) is 0.684. The Hall–Kier alpha value is -0.323. The van der Waals surface area contributed by atoms with Crippen LogP contribution in [0.3, 0.4) is 0 Å². The van der Waals surface area contributed by atoms with E-state index in [2.05, 4.69) is 40.4 Å². The SMILES string of the molecule is C=C1O[C@H](C)[C@@H](O[Si](C)(C)C(C)(C)C)[C@H]1OC. The van der Waals surface area contributed by atoms with Gasteiger partial charge in [-0.25, -0.2) is 0 Å². The molecule has 17 heavy (non-hydrogen) atoms. The standard InChI is InChI=1S/C13H26O3Si/c1-9-11(14-6)12(10(2)15-9)16-17(7,8)13(3,4)5/h10-12H,1H2,2-8H3/t10-,11+,12-/m1/s1. The van der Waals surface area contributed by atoms with Crippen LogP contribution in [-0.2, 0) is 13.9 Å². The molecule has 1 saturated heterocycles. The highest BCUT2D eigenvalue weighted by Gasteiger charge is 2.46. The van der Waals surface area contributed by atoms with Crippen molar-refractivity contribution in [3.8, 4) is 0 Å². The molecular formula is C13H26O3Si. The van der Waals surface area contributed by atoms with E-state index in [1.54, 1.807) is 7.11 Å². The summed E-state index contributed by atoms with van der Waals surface area (Å²) in [6, 6.07) is 0. The van der Waals surface area contributed by atoms with Crippen molar-refractivity contribution in [1.29, 1.82) is 0 Å². The Bertz CT molecular complexity index is 294. The monoisotopic (exact) mass is 258 g/mol. The van der Waals surface area contributed by atoms with Gasteiger partial charge in [0.15, 0.2) is 8.32 Å². The highest BCUT2D eigenvalue weighted by molar-refractivity contribution is 6.74. The molecule has 0 aromatic carbocycles. The summed E-state index contributed by atoms with van der Waals surface area (Å²) >= 11 is 0. The van der Waals surface area contributed by atoms with Crippen LogP contribution in [0.1, 0.15) is 27.7 Å². The fraction of sp³-hybridized carbons (Fsp3) is 0.846. The first-order valence-electron chi connectivity index (χ1n) is 6.16. The van der Waals surface area contributed by atoms with Crippen molar-refractivity contribution in [2.24, 2.45) is 0 Å². The lowest BCUT2D eigenvalue weighted by Gasteiger charge is -2.39. The number of hydrogen-bond donors (Lipinski definition) is 0. The number of hydrogen-bond acceptors (Lipinski definition) is 3. The van der Waals surface area contributed by atoms with Crippen LogP contribution in [-0.4, -0.2) is 33.7 Å². The highest BCUT2D eigenvalue weighted by Crippen LogP contribution is 2.40. The molecule has 0 aliphatic carbocycles. The van der Waals surface area contributed by atoms with Crippen molar-refractivity contribution >= 4 is 8.32 Å². The largest absolute Gasteiger partial charge is 0.490 e. The van der Waals surface area contributed by atoms with Crippen molar-refractivity contribution in [3.05, 3.63) is 12.3 Å². The van der Waals surface area contributed by atoms with Gasteiger partial charge in [-0.3, -0.25) is 0 Å². The average Bonchev–Trinajstić information content (AvgIpc) is 2.39. The second-order valence-corrected chi connectivity index (χ2v) is 11.0. The maximum absolute atomic E-state index is 6.38. The van der Waals surface area contributed by atoms with Crippen molar-refractivity contribution < 1.29 is 13.9 Å². The molecule has 1 aliphatic heterocycles. The van der Waals surface area contributed by atoms with Crippen molar-refractivity contribution in [3.63, 3.8) is 0 Å². The first kappa shape index (κ1) is 14.7. The quantitative estimate of drug-likeness (QED) is 0.727. The lowest BCUT2D eigenvalue weighted by atomic mass is 10.1. The third-order valence-electron chi connectivity index (χ3n) is 3.91. The summed E-state index contributed by atoms with van der Waals surface area (Å²) in [5.41, 5.74) is 0. The topological polar surface area (TPSA) is 27.7 Å². The van der Waals surface area contributed by atoms with Gasteiger partial charge in [0, 0.05) is 7.11 Å². The van der Waals surface area contributed by atoms with Gasteiger partial charge in [-0.05, 0) is 25.1 Å². The van der Waals surface area contributed by atoms with Crippen LogP contribution in [0.15, 0.2) is 12.3 Å². The van der Waals surface area contributed by atoms with E-state index in [4.69, 9.17) is 13.9 Å². The van der Waals surface area contributed by atoms with Gasteiger partial charge in [-0.1, -0.05) is 27.4 Å². The molecule has 0 N–H and O–H groups in total. The van der Waals surface area contributed by atoms with Crippen LogP contribution in [0.4, 0.5) is 0 Å². The molecule has 100 valence electrons. The summed E-state index contributed by atoms with van der Waals surface area (Å²) in [4.78, 5) is 0. The van der Waals surface area contributed by atoms with Crippen LogP contribution in [0.2, 0.25) is 18.1 Å². The molecule has 1 aliphatic rings. The lowest BCUT2D eigenvalue weighted by Crippen LogP contribution is -2.48. The van der Waals surface area contributed by atoms with Gasteiger partial charge >= 0.3 is 0 Å². The Labute approximate surface area is 106 Å². The van der Waals surface area contributed by atoms with Crippen LogP contribution in [0.25, 0.3) is 0 Å². The van der Waals surface area contributed by atoms with Gasteiger partial charge in [0.1, 0.15) is 24.1 Å². The first-order valence-corrected chi connectivity index (χ1v) is 9.07. The van der Waals surface area contributed by atoms with Gasteiger partial charge in [0.05, 0.1) is 0 Å². The predicted molar refractivity (Wildman–Crippen MR) is 72.6 cm³/mol. The summed E-state index contributed by atoms with van der Waals surface area (Å²) in [6.07, 6.45) is -0.158. The number of ether oxygens (including phenoxy) is 2. The molecule has 0 unspecified atom stereocenters. The van der Waals surface area contributed by atoms with Crippen molar-refractivity contribution in [2.75, 3.05) is 7.11 Å². The Morgan fingerprint density at radius 1 is 1.29 bits per heavy atom. The minimum atomic E-state index is -1.80. The zero-order chi connectivity index (χ0) is 13.4. The van der Waals surface area contributed by atoms with E-state index >= 15 is 0 Å². The molecular weight excluding hydrogens is 232 g/mol. The molecule has 0 radical (unpaired) electrons. The second-order valence-electron chi connectivity index (χ2n) is 6.29. The molecule has 0 amide bonds. The summed E-state index contributed by atoms with van der Waals surface area (Å²) in [7, 11) is -0.121. The molecule has 0 spiro atoms. The van der Waals surface area contributed by atoms with E-state index in [1.165, 1.54) is 0 Å². The Morgan fingerprint density at radius 2 is 1.82 bits per heavy atom. The lowest BCUT2D eigenvalue weighted by molar-refractivity contribution is 0.0191. The number of rotatable bonds is 3. The first-order chi connectivity index (χ1) is 7.60. The smallest absolute Gasteiger partial charge is 0.192 e. The van der Waals surface area contributed by atoms with Crippen molar-refractivity contribution in [2.45, 2.75) is 64.1 Å². The second kappa shape index (κ2) is 4.75. The summed E-state index contributed by atoms with van der Waals surface area (Å²) in [5, 5.41) is 0.189. The van der Waals surface area contributed by atoms with E-state index in [0.717, 1.165) is 0 Å². The molecule has 1 fully saturated rings. The summed E-state index contributed by atoms with van der Waals surface area (Å²) in [6.45, 7) is 17.1. The maximum atomic E-state index is 6.38. The number of methoxy groups -OCH3 is 1. The highest BCUT2D eigenvalue weighted by atomic mass is 28.4. The Morgan fingerprint density at radius 3 is 2.24 bits per heavy atom. The third kappa shape index (κ3) is 2.92. The zero-order valence-electron chi connectivity index (χ0n) is 12.2. The van der Waals surface area contributed by atoms with Crippen molar-refractivity contribution in [1.82, 2.24) is 0 Å². The van der Waals surface area contributed by atoms with E-state index in [-0.39, 0.29) is 23.4 Å². The van der Waals surface area contributed by atoms with Gasteiger partial charge < -0.3 is 13.9 Å². The third-order valence-corrected chi connectivity index (χ3v) is 8.38. The fourth-order valence-electron chi connectivity index (χ4n) is 1.74. The molecule has 3 nitrogen and oxygen atoms in total. The molecule has 0 aromatic heterocycles. The Balaban J connectivity index is 2.83. The predicted octanol–water partition coefficient (Wildman–Crippen LogP) is 3.32. The van der Waals surface area contributed by atoms with E-state index in [0.29, 0.717) is 5.76 Å². The molecule has 4 heteroatoms. The average molecular weight is 258 g/mol.